The van der Waals surface area contributed by atoms with Crippen LogP contribution in [0.25, 0.3) is 0 Å². The molecule has 1 atom stereocenters. The number of carbonyl (C=O) groups is 2. The van der Waals surface area contributed by atoms with Gasteiger partial charge in [-0.25, -0.2) is 4.31 Å². The Morgan fingerprint density at radius 2 is 1.44 bits per heavy atom. The van der Waals surface area contributed by atoms with Crippen molar-refractivity contribution >= 4 is 27.7 Å². The highest BCUT2D eigenvalue weighted by molar-refractivity contribution is 7.90. The molecule has 1 N–H and O–H groups in total. The second-order valence-corrected chi connectivity index (χ2v) is 12.9. The molecule has 0 radical (unpaired) electrons. The number of hydrogen-bond donors (Lipinski definition) is 1. The topological polar surface area (TPSA) is 90.0 Å². The van der Waals surface area contributed by atoms with Crippen LogP contribution in [0.2, 0.25) is 0 Å². The number of aryl methyl sites for hydroxylation is 1. The average Bonchev–Trinajstić information content (AvgIpc) is 3.48. The fourth-order valence-electron chi connectivity index (χ4n) is 5.12. The SMILES string of the molecule is Cc1ccc(CN(C(=O)CN(c2ccccc2)S(=O)(=O)N(C)C)[C@H](Cc2ccccc2)C(=O)NC2CCCC2)cc1. The predicted octanol–water partition coefficient (Wildman–Crippen LogP) is 4.31. The third kappa shape index (κ3) is 7.95. The van der Waals surface area contributed by atoms with Crippen molar-refractivity contribution in [2.45, 2.75) is 57.7 Å². The van der Waals surface area contributed by atoms with Gasteiger partial charge in [0.05, 0.1) is 5.69 Å². The second-order valence-electron chi connectivity index (χ2n) is 10.8. The van der Waals surface area contributed by atoms with Gasteiger partial charge < -0.3 is 10.2 Å². The number of amides is 2. The summed E-state index contributed by atoms with van der Waals surface area (Å²) in [5.41, 5.74) is 3.23. The molecule has 1 saturated carbocycles. The normalized spacial score (nSPS) is 14.5. The predicted molar refractivity (Wildman–Crippen MR) is 162 cm³/mol. The molecule has 0 heterocycles. The van der Waals surface area contributed by atoms with Crippen molar-refractivity contribution < 1.29 is 18.0 Å². The smallest absolute Gasteiger partial charge is 0.304 e. The van der Waals surface area contributed by atoms with Gasteiger partial charge in [0.15, 0.2) is 0 Å². The van der Waals surface area contributed by atoms with Gasteiger partial charge in [-0.15, -0.1) is 0 Å². The van der Waals surface area contributed by atoms with Gasteiger partial charge in [-0.3, -0.25) is 9.59 Å². The molecular formula is C32H40N4O4S. The van der Waals surface area contributed by atoms with Crippen LogP contribution in [-0.2, 0) is 32.8 Å². The Balaban J connectivity index is 1.73. The minimum absolute atomic E-state index is 0.0760. The Labute approximate surface area is 244 Å². The Bertz CT molecular complexity index is 1390. The zero-order valence-corrected chi connectivity index (χ0v) is 24.9. The molecular weight excluding hydrogens is 536 g/mol. The number of rotatable bonds is 12. The molecule has 0 spiro atoms. The van der Waals surface area contributed by atoms with Gasteiger partial charge in [0.25, 0.3) is 0 Å². The van der Waals surface area contributed by atoms with Crippen molar-refractivity contribution in [1.82, 2.24) is 14.5 Å². The maximum absolute atomic E-state index is 14.3. The fraction of sp³-hybridized carbons (Fsp3) is 0.375. The first kappa shape index (κ1) is 30.3. The van der Waals surface area contributed by atoms with E-state index in [-0.39, 0.29) is 18.5 Å². The zero-order chi connectivity index (χ0) is 29.4. The molecule has 0 saturated heterocycles. The second kappa shape index (κ2) is 13.8. The number of para-hydroxylation sites is 1. The Kier molecular flexibility index (Phi) is 10.2. The molecule has 0 unspecified atom stereocenters. The summed E-state index contributed by atoms with van der Waals surface area (Å²) in [5, 5.41) is 3.19. The lowest BCUT2D eigenvalue weighted by molar-refractivity contribution is -0.140. The largest absolute Gasteiger partial charge is 0.352 e. The lowest BCUT2D eigenvalue weighted by Crippen LogP contribution is -2.55. The maximum Gasteiger partial charge on any atom is 0.304 e. The molecule has 41 heavy (non-hydrogen) atoms. The molecule has 3 aromatic rings. The lowest BCUT2D eigenvalue weighted by atomic mass is 10.0. The molecule has 0 bridgehead atoms. The first-order valence-corrected chi connectivity index (χ1v) is 15.5. The van der Waals surface area contributed by atoms with Crippen molar-refractivity contribution in [2.75, 3.05) is 24.9 Å². The molecule has 1 fully saturated rings. The van der Waals surface area contributed by atoms with Crippen molar-refractivity contribution in [1.29, 1.82) is 0 Å². The van der Waals surface area contributed by atoms with Crippen molar-refractivity contribution in [3.8, 4) is 0 Å². The van der Waals surface area contributed by atoms with Crippen LogP contribution in [0.3, 0.4) is 0 Å². The third-order valence-corrected chi connectivity index (χ3v) is 9.33. The molecule has 1 aliphatic carbocycles. The van der Waals surface area contributed by atoms with E-state index in [1.165, 1.54) is 14.1 Å². The van der Waals surface area contributed by atoms with Crippen LogP contribution in [0.4, 0.5) is 5.69 Å². The van der Waals surface area contributed by atoms with E-state index in [1.54, 1.807) is 35.2 Å². The van der Waals surface area contributed by atoms with Crippen molar-refractivity contribution in [3.63, 3.8) is 0 Å². The number of hydrogen-bond acceptors (Lipinski definition) is 4. The van der Waals surface area contributed by atoms with Crippen molar-refractivity contribution in [2.24, 2.45) is 0 Å². The summed E-state index contributed by atoms with van der Waals surface area (Å²) >= 11 is 0. The van der Waals surface area contributed by atoms with Crippen LogP contribution < -0.4 is 9.62 Å². The first-order chi connectivity index (χ1) is 19.6. The first-order valence-electron chi connectivity index (χ1n) is 14.1. The van der Waals surface area contributed by atoms with Gasteiger partial charge in [0.2, 0.25) is 11.8 Å². The van der Waals surface area contributed by atoms with E-state index in [0.29, 0.717) is 12.1 Å². The quantitative estimate of drug-likeness (QED) is 0.348. The molecule has 4 rings (SSSR count). The van der Waals surface area contributed by atoms with Crippen LogP contribution in [0.1, 0.15) is 42.4 Å². The van der Waals surface area contributed by atoms with E-state index < -0.39 is 28.7 Å². The number of carbonyl (C=O) groups excluding carboxylic acids is 2. The molecule has 1 aliphatic rings. The minimum Gasteiger partial charge on any atom is -0.352 e. The number of anilines is 1. The van der Waals surface area contributed by atoms with Gasteiger partial charge >= 0.3 is 10.2 Å². The highest BCUT2D eigenvalue weighted by Crippen LogP contribution is 2.23. The summed E-state index contributed by atoms with van der Waals surface area (Å²) in [6.45, 7) is 1.71. The Morgan fingerprint density at radius 1 is 0.854 bits per heavy atom. The van der Waals surface area contributed by atoms with Crippen molar-refractivity contribution in [3.05, 3.63) is 102 Å². The summed E-state index contributed by atoms with van der Waals surface area (Å²) in [5.74, 6) is -0.676. The number of nitrogens with one attached hydrogen (secondary N) is 1. The monoisotopic (exact) mass is 576 g/mol. The summed E-state index contributed by atoms with van der Waals surface area (Å²) < 4.78 is 29.0. The highest BCUT2D eigenvalue weighted by atomic mass is 32.2. The van der Waals surface area contributed by atoms with E-state index in [1.807, 2.05) is 61.5 Å². The number of benzene rings is 3. The molecule has 0 aliphatic heterocycles. The van der Waals surface area contributed by atoms with E-state index in [0.717, 1.165) is 51.0 Å². The van der Waals surface area contributed by atoms with E-state index in [4.69, 9.17) is 0 Å². The third-order valence-electron chi connectivity index (χ3n) is 7.51. The van der Waals surface area contributed by atoms with Gasteiger partial charge in [-0.1, -0.05) is 91.2 Å². The van der Waals surface area contributed by atoms with E-state index in [2.05, 4.69) is 5.32 Å². The lowest BCUT2D eigenvalue weighted by Gasteiger charge is -2.35. The molecule has 3 aromatic carbocycles. The zero-order valence-electron chi connectivity index (χ0n) is 24.1. The Hall–Kier alpha value is -3.69. The van der Waals surface area contributed by atoms with Crippen LogP contribution >= 0.6 is 0 Å². The summed E-state index contributed by atoms with van der Waals surface area (Å²) in [4.78, 5) is 29.7. The van der Waals surface area contributed by atoms with Gasteiger partial charge in [-0.05, 0) is 43.0 Å². The molecule has 218 valence electrons. The molecule has 8 nitrogen and oxygen atoms in total. The molecule has 0 aromatic heterocycles. The summed E-state index contributed by atoms with van der Waals surface area (Å²) in [7, 11) is -1.13. The van der Waals surface area contributed by atoms with E-state index >= 15 is 0 Å². The van der Waals surface area contributed by atoms with Crippen LogP contribution in [0.5, 0.6) is 0 Å². The summed E-state index contributed by atoms with van der Waals surface area (Å²) in [6.07, 6.45) is 4.27. The van der Waals surface area contributed by atoms with Gasteiger partial charge in [-0.2, -0.15) is 12.7 Å². The van der Waals surface area contributed by atoms with Crippen LogP contribution in [0.15, 0.2) is 84.9 Å². The fourth-order valence-corrected chi connectivity index (χ4v) is 6.18. The highest BCUT2D eigenvalue weighted by Gasteiger charge is 2.35. The molecule has 9 heteroatoms. The van der Waals surface area contributed by atoms with E-state index in [9.17, 15) is 18.0 Å². The van der Waals surface area contributed by atoms with Gasteiger partial charge in [0, 0.05) is 33.1 Å². The standard InChI is InChI=1S/C32H40N4O4S/c1-25-18-20-27(21-19-25)23-35(31(37)24-36(41(39,40)34(2)3)29-16-8-5-9-17-29)30(22-26-12-6-4-7-13-26)32(38)33-28-14-10-11-15-28/h4-9,12-13,16-21,28,30H,10-11,14-15,22-24H2,1-3H3,(H,33,38)/t30-/m1/s1. The minimum atomic E-state index is -4.00. The van der Waals surface area contributed by atoms with Crippen LogP contribution in [-0.4, -0.2) is 62.2 Å². The Morgan fingerprint density at radius 3 is 2.02 bits per heavy atom. The average molecular weight is 577 g/mol. The van der Waals surface area contributed by atoms with Crippen LogP contribution in [0, 0.1) is 6.92 Å². The molecule has 2 amide bonds. The summed E-state index contributed by atoms with van der Waals surface area (Å²) in [6, 6.07) is 25.3. The number of nitrogens with zero attached hydrogens (tertiary/aromatic N) is 3. The maximum atomic E-state index is 14.3. The van der Waals surface area contributed by atoms with Gasteiger partial charge in [0.1, 0.15) is 12.6 Å².